The van der Waals surface area contributed by atoms with E-state index in [-0.39, 0.29) is 11.7 Å². The molecule has 2 aliphatic rings. The number of carboxylic acid groups (broad SMARTS) is 1. The molecular weight excluding hydrogens is 621 g/mol. The normalized spacial score (nSPS) is 18.0. The van der Waals surface area contributed by atoms with Crippen LogP contribution in [0, 0.1) is 5.92 Å². The number of piperidine rings is 1. The number of aromatic amines is 1. The van der Waals surface area contributed by atoms with Crippen LogP contribution in [0.5, 0.6) is 0 Å². The topological polar surface area (TPSA) is 155 Å². The van der Waals surface area contributed by atoms with Gasteiger partial charge < -0.3 is 25.9 Å². The Morgan fingerprint density at radius 2 is 1.84 bits per heavy atom. The molecule has 3 heterocycles. The van der Waals surface area contributed by atoms with Gasteiger partial charge in [0, 0.05) is 44.4 Å². The van der Waals surface area contributed by atoms with Crippen molar-refractivity contribution in [3.63, 3.8) is 0 Å². The molecule has 0 radical (unpaired) electrons. The van der Waals surface area contributed by atoms with Crippen molar-refractivity contribution in [2.75, 3.05) is 45.1 Å². The Morgan fingerprint density at radius 3 is 2.39 bits per heavy atom. The summed E-state index contributed by atoms with van der Waals surface area (Å²) in [6.45, 7) is 6.08. The lowest BCUT2D eigenvalue weighted by atomic mass is 9.88. The van der Waals surface area contributed by atoms with Gasteiger partial charge in [-0.25, -0.2) is 17.5 Å². The van der Waals surface area contributed by atoms with Gasteiger partial charge in [0.05, 0.1) is 16.8 Å². The predicted octanol–water partition coefficient (Wildman–Crippen LogP) is 4.27. The molecule has 10 nitrogen and oxygen atoms in total. The van der Waals surface area contributed by atoms with Gasteiger partial charge in [0.1, 0.15) is 0 Å². The summed E-state index contributed by atoms with van der Waals surface area (Å²) in [4.78, 5) is 24.5. The largest absolute Gasteiger partial charge is 0.490 e. The minimum Gasteiger partial charge on any atom is -0.475 e. The van der Waals surface area contributed by atoms with Crippen molar-refractivity contribution in [2.45, 2.75) is 44.7 Å². The summed E-state index contributed by atoms with van der Waals surface area (Å²) in [7, 11) is -3.18. The average molecular weight is 661 g/mol. The molecule has 2 saturated heterocycles. The van der Waals surface area contributed by atoms with Crippen molar-refractivity contribution in [3.8, 4) is 0 Å². The van der Waals surface area contributed by atoms with Crippen LogP contribution in [0.4, 0.5) is 13.2 Å². The van der Waals surface area contributed by atoms with Gasteiger partial charge in [-0.1, -0.05) is 12.2 Å². The number of aliphatic carboxylic acids is 1. The molecule has 1 aromatic carbocycles. The van der Waals surface area contributed by atoms with Crippen molar-refractivity contribution in [1.82, 2.24) is 14.6 Å². The zero-order valence-electron chi connectivity index (χ0n) is 24.4. The van der Waals surface area contributed by atoms with Crippen LogP contribution < -0.4 is 11.1 Å². The zero-order chi connectivity index (χ0) is 32.5. The summed E-state index contributed by atoms with van der Waals surface area (Å²) in [6, 6.07) is 3.88. The molecular formula is C29H39F3N4O6S2. The third-order valence-electron chi connectivity index (χ3n) is 7.79. The highest BCUT2D eigenvalue weighted by atomic mass is 32.2. The number of rotatable bonds is 10. The van der Waals surface area contributed by atoms with Gasteiger partial charge in [-0.2, -0.15) is 25.8 Å². The van der Waals surface area contributed by atoms with Gasteiger partial charge in [-0.15, -0.1) is 0 Å². The van der Waals surface area contributed by atoms with E-state index >= 15 is 0 Å². The van der Waals surface area contributed by atoms with Crippen LogP contribution in [0.1, 0.15) is 60.0 Å². The van der Waals surface area contributed by atoms with E-state index in [2.05, 4.69) is 35.1 Å². The number of H-pyrrole nitrogens is 1. The standard InChI is InChI=1S/C27H38N4O4S2.C2HF3O2/c1-2-37(33,34)31-10-5-20(6-11-31)25-17-30-26-23(25)14-22(15-24(26)27(28)32)21(18-36)4-3-9-29-16-19-7-12-35-13-8-19;3-2(4,5)1(6)7/h3-4,14-15,17-20,29-30,36H,2,5-13,16H2,1H3,(H2,28,32);(H,6,7)/b4-3+,21-18+;. The second-order valence-electron chi connectivity index (χ2n) is 10.6. The van der Waals surface area contributed by atoms with Gasteiger partial charge in [0.25, 0.3) is 5.91 Å². The molecule has 2 aliphatic heterocycles. The van der Waals surface area contributed by atoms with Crippen molar-refractivity contribution >= 4 is 51.0 Å². The molecule has 0 bridgehead atoms. The van der Waals surface area contributed by atoms with E-state index < -0.39 is 28.1 Å². The van der Waals surface area contributed by atoms with Crippen molar-refractivity contribution in [3.05, 3.63) is 52.6 Å². The van der Waals surface area contributed by atoms with Gasteiger partial charge in [-0.3, -0.25) is 4.79 Å². The van der Waals surface area contributed by atoms with Crippen LogP contribution >= 0.6 is 12.6 Å². The lowest BCUT2D eigenvalue weighted by Gasteiger charge is -2.31. The zero-order valence-corrected chi connectivity index (χ0v) is 26.1. The highest BCUT2D eigenvalue weighted by molar-refractivity contribution is 7.89. The first kappa shape index (κ1) is 35.6. The maximum Gasteiger partial charge on any atom is 0.490 e. The first-order valence-electron chi connectivity index (χ1n) is 14.3. The Labute approximate surface area is 260 Å². The number of amides is 1. The number of aromatic nitrogens is 1. The van der Waals surface area contributed by atoms with Crippen LogP contribution in [-0.4, -0.2) is 86.0 Å². The number of halogens is 3. The number of fused-ring (bicyclic) bond motifs is 1. The number of alkyl halides is 3. The molecule has 4 rings (SSSR count). The molecule has 244 valence electrons. The summed E-state index contributed by atoms with van der Waals surface area (Å²) >= 11 is 4.44. The number of nitrogens with one attached hydrogen (secondary N) is 2. The molecule has 1 aromatic heterocycles. The number of primary amides is 1. The number of nitrogens with two attached hydrogens (primary N) is 1. The van der Waals surface area contributed by atoms with Crippen LogP contribution in [0.3, 0.4) is 0 Å². The first-order valence-corrected chi connectivity index (χ1v) is 16.4. The Hall–Kier alpha value is -2.85. The lowest BCUT2D eigenvalue weighted by Crippen LogP contribution is -2.38. The molecule has 0 unspecified atom stereocenters. The number of carboxylic acids is 1. The fourth-order valence-electron chi connectivity index (χ4n) is 5.30. The quantitative estimate of drug-likeness (QED) is 0.145. The minimum atomic E-state index is -5.08. The Bertz CT molecular complexity index is 1460. The SMILES string of the molecule is CCS(=O)(=O)N1CCC(c2c[nH]c3c(C(N)=O)cc(C(/C=C/CNCC4CCOCC4)=C/S)cc23)CC1.O=C(O)C(F)(F)F. The summed E-state index contributed by atoms with van der Waals surface area (Å²) in [5, 5.41) is 13.3. The van der Waals surface area contributed by atoms with Gasteiger partial charge in [0.15, 0.2) is 0 Å². The molecule has 1 amide bonds. The van der Waals surface area contributed by atoms with E-state index in [0.717, 1.165) is 79.6 Å². The molecule has 0 atom stereocenters. The van der Waals surface area contributed by atoms with E-state index in [1.165, 1.54) is 0 Å². The number of hydrogen-bond donors (Lipinski definition) is 5. The van der Waals surface area contributed by atoms with Crippen molar-refractivity contribution in [2.24, 2.45) is 11.7 Å². The smallest absolute Gasteiger partial charge is 0.475 e. The van der Waals surface area contributed by atoms with E-state index in [9.17, 15) is 26.4 Å². The third-order valence-corrected chi connectivity index (χ3v) is 9.95. The highest BCUT2D eigenvalue weighted by Crippen LogP contribution is 2.36. The van der Waals surface area contributed by atoms with Crippen molar-refractivity contribution < 1.29 is 41.0 Å². The highest BCUT2D eigenvalue weighted by Gasteiger charge is 2.38. The summed E-state index contributed by atoms with van der Waals surface area (Å²) < 4.78 is 63.3. The van der Waals surface area contributed by atoms with Crippen molar-refractivity contribution in [1.29, 1.82) is 0 Å². The second-order valence-corrected chi connectivity index (χ2v) is 13.1. The van der Waals surface area contributed by atoms with Crippen LogP contribution in [0.25, 0.3) is 16.5 Å². The van der Waals surface area contributed by atoms with Crippen LogP contribution in [0.2, 0.25) is 0 Å². The Morgan fingerprint density at radius 1 is 1.20 bits per heavy atom. The van der Waals surface area contributed by atoms with Gasteiger partial charge >= 0.3 is 12.1 Å². The van der Waals surface area contributed by atoms with E-state index in [4.69, 9.17) is 20.4 Å². The number of hydrogen-bond acceptors (Lipinski definition) is 7. The predicted molar refractivity (Wildman–Crippen MR) is 166 cm³/mol. The number of thiol groups is 1. The fraction of sp³-hybridized carbons (Fsp3) is 0.517. The second kappa shape index (κ2) is 15.9. The number of carbonyl (C=O) groups is 2. The van der Waals surface area contributed by atoms with E-state index in [0.29, 0.717) is 24.6 Å². The minimum absolute atomic E-state index is 0.119. The number of ether oxygens (including phenoxy) is 1. The number of sulfonamides is 1. The average Bonchev–Trinajstić information content (AvgIpc) is 3.43. The number of allylic oxidation sites excluding steroid dienone is 2. The molecule has 5 N–H and O–H groups in total. The number of nitrogens with zero attached hydrogens (tertiary/aromatic N) is 1. The third kappa shape index (κ3) is 9.57. The maximum absolute atomic E-state index is 12.4. The maximum atomic E-state index is 12.4. The molecule has 44 heavy (non-hydrogen) atoms. The summed E-state index contributed by atoms with van der Waals surface area (Å²) in [5.74, 6) is -2.28. The fourth-order valence-corrected chi connectivity index (χ4v) is 6.67. The number of carbonyl (C=O) groups excluding carboxylic acids is 1. The molecule has 15 heteroatoms. The van der Waals surface area contributed by atoms with Crippen LogP contribution in [-0.2, 0) is 19.6 Å². The molecule has 0 aliphatic carbocycles. The summed E-state index contributed by atoms with van der Waals surface area (Å²) in [5.41, 5.74) is 9.76. The van der Waals surface area contributed by atoms with Gasteiger partial charge in [0.2, 0.25) is 10.0 Å². The lowest BCUT2D eigenvalue weighted by molar-refractivity contribution is -0.192. The molecule has 2 fully saturated rings. The van der Waals surface area contributed by atoms with E-state index in [1.807, 2.05) is 18.3 Å². The van der Waals surface area contributed by atoms with Gasteiger partial charge in [-0.05, 0) is 85.2 Å². The van der Waals surface area contributed by atoms with E-state index in [1.54, 1.807) is 16.6 Å². The summed E-state index contributed by atoms with van der Waals surface area (Å²) in [6.07, 6.45) is 4.59. The molecule has 0 saturated carbocycles. The monoisotopic (exact) mass is 660 g/mol. The molecule has 2 aromatic rings. The van der Waals surface area contributed by atoms with Crippen LogP contribution in [0.15, 0.2) is 35.9 Å². The number of benzene rings is 1. The molecule has 0 spiro atoms. The first-order chi connectivity index (χ1) is 20.8. The Kier molecular flexibility index (Phi) is 12.9. The Balaban J connectivity index is 0.000000676.